The zero-order valence-electron chi connectivity index (χ0n) is 10.4. The van der Waals surface area contributed by atoms with Gasteiger partial charge in [-0.1, -0.05) is 0 Å². The summed E-state index contributed by atoms with van der Waals surface area (Å²) < 4.78 is 0. The Morgan fingerprint density at radius 3 is 2.63 bits per heavy atom. The van der Waals surface area contributed by atoms with Gasteiger partial charge in [-0.3, -0.25) is 4.79 Å². The van der Waals surface area contributed by atoms with E-state index in [9.17, 15) is 9.59 Å². The van der Waals surface area contributed by atoms with Gasteiger partial charge in [-0.25, -0.2) is 9.78 Å². The predicted octanol–water partition coefficient (Wildman–Crippen LogP) is 2.71. The maximum atomic E-state index is 11.8. The zero-order chi connectivity index (χ0) is 14.0. The molecule has 6 heteroatoms. The van der Waals surface area contributed by atoms with Crippen LogP contribution in [0.15, 0.2) is 23.0 Å². The highest BCUT2D eigenvalue weighted by atomic mass is 32.1. The fourth-order valence-corrected chi connectivity index (χ4v) is 2.21. The van der Waals surface area contributed by atoms with Gasteiger partial charge in [0.15, 0.2) is 0 Å². The van der Waals surface area contributed by atoms with E-state index in [0.29, 0.717) is 16.9 Å². The number of anilines is 1. The number of benzene rings is 1. The lowest BCUT2D eigenvalue weighted by Crippen LogP contribution is -2.13. The molecule has 0 saturated heterocycles. The van der Waals surface area contributed by atoms with Gasteiger partial charge in [0.1, 0.15) is 5.69 Å². The van der Waals surface area contributed by atoms with Crippen molar-refractivity contribution in [3.63, 3.8) is 0 Å². The average molecular weight is 276 g/mol. The number of aromatic carboxylic acids is 1. The summed E-state index contributed by atoms with van der Waals surface area (Å²) in [5, 5.41) is 13.4. The van der Waals surface area contributed by atoms with Crippen LogP contribution in [0.4, 0.5) is 5.69 Å². The molecule has 1 amide bonds. The van der Waals surface area contributed by atoms with Crippen LogP contribution in [0.2, 0.25) is 0 Å². The van der Waals surface area contributed by atoms with Crippen molar-refractivity contribution in [2.24, 2.45) is 0 Å². The zero-order valence-corrected chi connectivity index (χ0v) is 11.2. The number of hydrogen-bond acceptors (Lipinski definition) is 4. The monoisotopic (exact) mass is 276 g/mol. The van der Waals surface area contributed by atoms with Crippen LogP contribution < -0.4 is 5.32 Å². The Bertz CT molecular complexity index is 636. The van der Waals surface area contributed by atoms with Gasteiger partial charge < -0.3 is 10.4 Å². The van der Waals surface area contributed by atoms with Crippen LogP contribution in [-0.4, -0.2) is 22.0 Å². The van der Waals surface area contributed by atoms with Crippen LogP contribution in [0.25, 0.3) is 0 Å². The summed E-state index contributed by atoms with van der Waals surface area (Å²) in [6, 6.07) is 3.20. The van der Waals surface area contributed by atoms with E-state index in [1.165, 1.54) is 17.4 Å². The van der Waals surface area contributed by atoms with Crippen molar-refractivity contribution >= 4 is 28.9 Å². The highest BCUT2D eigenvalue weighted by molar-refractivity contribution is 7.07. The number of hydrogen-bond donors (Lipinski definition) is 2. The minimum absolute atomic E-state index is 0.188. The summed E-state index contributed by atoms with van der Waals surface area (Å²) in [5.41, 5.74) is 4.04. The Kier molecular flexibility index (Phi) is 3.62. The van der Waals surface area contributed by atoms with Gasteiger partial charge in [0.25, 0.3) is 5.91 Å². The van der Waals surface area contributed by atoms with Gasteiger partial charge in [0.05, 0.1) is 11.1 Å². The first kappa shape index (κ1) is 13.2. The Labute approximate surface area is 113 Å². The number of nitrogens with one attached hydrogen (secondary N) is 1. The van der Waals surface area contributed by atoms with Gasteiger partial charge in [-0.05, 0) is 37.1 Å². The van der Waals surface area contributed by atoms with Crippen molar-refractivity contribution in [3.8, 4) is 0 Å². The quantitative estimate of drug-likeness (QED) is 0.903. The van der Waals surface area contributed by atoms with Gasteiger partial charge >= 0.3 is 5.97 Å². The largest absolute Gasteiger partial charge is 0.478 e. The molecule has 0 fully saturated rings. The van der Waals surface area contributed by atoms with Crippen molar-refractivity contribution in [2.45, 2.75) is 13.8 Å². The maximum absolute atomic E-state index is 11.8. The number of carbonyl (C=O) groups excluding carboxylic acids is 1. The van der Waals surface area contributed by atoms with E-state index in [1.54, 1.807) is 30.8 Å². The number of carbonyl (C=O) groups is 2. The van der Waals surface area contributed by atoms with Crippen molar-refractivity contribution in [1.29, 1.82) is 0 Å². The molecule has 0 unspecified atom stereocenters. The van der Waals surface area contributed by atoms with Gasteiger partial charge in [-0.2, -0.15) is 0 Å². The molecule has 1 heterocycles. The van der Waals surface area contributed by atoms with Crippen LogP contribution in [0.3, 0.4) is 0 Å². The van der Waals surface area contributed by atoms with E-state index in [2.05, 4.69) is 10.3 Å². The fraction of sp³-hybridized carbons (Fsp3) is 0.154. The van der Waals surface area contributed by atoms with E-state index in [0.717, 1.165) is 5.56 Å². The number of aromatic nitrogens is 1. The van der Waals surface area contributed by atoms with Gasteiger partial charge in [-0.15, -0.1) is 11.3 Å². The van der Waals surface area contributed by atoms with E-state index in [-0.39, 0.29) is 11.5 Å². The van der Waals surface area contributed by atoms with Crippen molar-refractivity contribution < 1.29 is 14.7 Å². The van der Waals surface area contributed by atoms with Crippen LogP contribution in [0.5, 0.6) is 0 Å². The number of nitrogens with zero attached hydrogens (tertiary/aromatic N) is 1. The minimum atomic E-state index is -1.01. The first-order valence-corrected chi connectivity index (χ1v) is 6.47. The smallest absolute Gasteiger partial charge is 0.336 e. The lowest BCUT2D eigenvalue weighted by Gasteiger charge is -2.10. The Hall–Kier alpha value is -2.21. The van der Waals surface area contributed by atoms with Crippen LogP contribution in [0, 0.1) is 13.8 Å². The standard InChI is InChI=1S/C13H12N2O3S/c1-7-3-9(4-10(8(7)2)13(17)18)15-12(16)11-5-19-6-14-11/h3-6H,1-2H3,(H,15,16)(H,17,18). The highest BCUT2D eigenvalue weighted by Gasteiger charge is 2.13. The van der Waals surface area contributed by atoms with E-state index >= 15 is 0 Å². The third-order valence-corrected chi connectivity index (χ3v) is 3.41. The van der Waals surface area contributed by atoms with Crippen molar-refractivity contribution in [3.05, 3.63) is 45.4 Å². The molecule has 19 heavy (non-hydrogen) atoms. The molecule has 1 aromatic carbocycles. The number of carboxylic acids is 1. The van der Waals surface area contributed by atoms with Crippen LogP contribution in [-0.2, 0) is 0 Å². The molecule has 2 N–H and O–H groups in total. The molecule has 5 nitrogen and oxygen atoms in total. The van der Waals surface area contributed by atoms with Crippen molar-refractivity contribution in [1.82, 2.24) is 4.98 Å². The predicted molar refractivity (Wildman–Crippen MR) is 72.9 cm³/mol. The molecule has 1 aromatic heterocycles. The summed E-state index contributed by atoms with van der Waals surface area (Å²) in [6.45, 7) is 3.55. The maximum Gasteiger partial charge on any atom is 0.336 e. The third kappa shape index (κ3) is 2.79. The SMILES string of the molecule is Cc1cc(NC(=O)c2cscn2)cc(C(=O)O)c1C. The molecule has 2 rings (SSSR count). The molecule has 0 aliphatic rings. The second-order valence-electron chi connectivity index (χ2n) is 4.10. The molecule has 0 atom stereocenters. The van der Waals surface area contributed by atoms with Gasteiger partial charge in [0, 0.05) is 11.1 Å². The molecule has 0 aliphatic carbocycles. The number of rotatable bonds is 3. The van der Waals surface area contributed by atoms with Gasteiger partial charge in [0.2, 0.25) is 0 Å². The fourth-order valence-electron chi connectivity index (χ4n) is 1.67. The average Bonchev–Trinajstić information content (AvgIpc) is 2.86. The van der Waals surface area contributed by atoms with E-state index < -0.39 is 5.97 Å². The first-order chi connectivity index (χ1) is 8.99. The molecule has 2 aromatic rings. The van der Waals surface area contributed by atoms with E-state index in [4.69, 9.17) is 5.11 Å². The summed E-state index contributed by atoms with van der Waals surface area (Å²) >= 11 is 1.33. The summed E-state index contributed by atoms with van der Waals surface area (Å²) in [5.74, 6) is -1.36. The topological polar surface area (TPSA) is 79.3 Å². The molecule has 0 saturated carbocycles. The molecule has 0 radical (unpaired) electrons. The highest BCUT2D eigenvalue weighted by Crippen LogP contribution is 2.20. The number of aryl methyl sites for hydroxylation is 1. The lowest BCUT2D eigenvalue weighted by atomic mass is 10.0. The number of amides is 1. The van der Waals surface area contributed by atoms with Crippen LogP contribution in [0.1, 0.15) is 32.0 Å². The molecular weight excluding hydrogens is 264 g/mol. The molecule has 0 aliphatic heterocycles. The third-order valence-electron chi connectivity index (χ3n) is 2.82. The summed E-state index contributed by atoms with van der Waals surface area (Å²) in [4.78, 5) is 26.9. The Morgan fingerprint density at radius 2 is 2.05 bits per heavy atom. The first-order valence-electron chi connectivity index (χ1n) is 5.53. The number of carboxylic acid groups (broad SMARTS) is 1. The Morgan fingerprint density at radius 1 is 1.32 bits per heavy atom. The molecule has 0 spiro atoms. The summed E-state index contributed by atoms with van der Waals surface area (Å²) in [6.07, 6.45) is 0. The molecular formula is C13H12N2O3S. The normalized spacial score (nSPS) is 10.2. The minimum Gasteiger partial charge on any atom is -0.478 e. The van der Waals surface area contributed by atoms with Crippen LogP contribution >= 0.6 is 11.3 Å². The second kappa shape index (κ2) is 5.19. The molecule has 0 bridgehead atoms. The van der Waals surface area contributed by atoms with E-state index in [1.807, 2.05) is 0 Å². The molecule has 98 valence electrons. The second-order valence-corrected chi connectivity index (χ2v) is 4.82. The van der Waals surface area contributed by atoms with Crippen molar-refractivity contribution in [2.75, 3.05) is 5.32 Å². The number of thiazole rings is 1. The lowest BCUT2D eigenvalue weighted by molar-refractivity contribution is 0.0695. The Balaban J connectivity index is 2.31. The summed E-state index contributed by atoms with van der Waals surface area (Å²) in [7, 11) is 0.